The molecule has 0 radical (unpaired) electrons. The Morgan fingerprint density at radius 2 is 2.26 bits per heavy atom. The van der Waals surface area contributed by atoms with Gasteiger partial charge in [-0.15, -0.1) is 0 Å². The zero-order chi connectivity index (χ0) is 16.2. The van der Waals surface area contributed by atoms with Gasteiger partial charge in [0, 0.05) is 36.6 Å². The smallest absolute Gasteiger partial charge is 0.315 e. The molecule has 0 spiro atoms. The molecule has 3 heterocycles. The number of urea groups is 1. The number of fused-ring (bicyclic) bond motifs is 1. The number of likely N-dealkylation sites (N-methyl/N-ethyl adjacent to an activating group) is 1. The fraction of sp³-hybridized carbons (Fsp3) is 0.875. The Morgan fingerprint density at radius 1 is 1.39 bits per heavy atom. The minimum absolute atomic E-state index is 0.0235. The molecule has 0 aromatic heterocycles. The van der Waals surface area contributed by atoms with Gasteiger partial charge in [0.1, 0.15) is 0 Å². The highest BCUT2D eigenvalue weighted by Gasteiger charge is 2.42. The number of nitrogens with zero attached hydrogens (tertiary/aromatic N) is 1. The van der Waals surface area contributed by atoms with Crippen molar-refractivity contribution < 1.29 is 9.59 Å². The average molecular weight is 340 g/mol. The molecule has 0 bridgehead atoms. The summed E-state index contributed by atoms with van der Waals surface area (Å²) in [6.07, 6.45) is 6.03. The number of hydrogen-bond acceptors (Lipinski definition) is 4. The normalized spacial score (nSPS) is 33.3. The first-order valence-corrected chi connectivity index (χ1v) is 9.86. The van der Waals surface area contributed by atoms with Gasteiger partial charge in [0.05, 0.1) is 12.1 Å². The van der Waals surface area contributed by atoms with Crippen LogP contribution in [-0.2, 0) is 4.79 Å². The summed E-state index contributed by atoms with van der Waals surface area (Å²) < 4.78 is 0. The molecule has 0 aromatic rings. The molecule has 23 heavy (non-hydrogen) atoms. The summed E-state index contributed by atoms with van der Waals surface area (Å²) in [5.74, 6) is 1.31. The van der Waals surface area contributed by atoms with Gasteiger partial charge in [-0.1, -0.05) is 6.42 Å². The van der Waals surface area contributed by atoms with Crippen LogP contribution >= 0.6 is 11.8 Å². The molecule has 0 aromatic carbocycles. The molecule has 3 saturated heterocycles. The molecule has 3 rings (SSSR count). The van der Waals surface area contributed by atoms with Crippen LogP contribution in [0.5, 0.6) is 0 Å². The fourth-order valence-electron chi connectivity index (χ4n) is 3.86. The van der Waals surface area contributed by atoms with Gasteiger partial charge in [-0.2, -0.15) is 11.8 Å². The van der Waals surface area contributed by atoms with E-state index in [1.807, 2.05) is 23.7 Å². The van der Waals surface area contributed by atoms with Crippen molar-refractivity contribution in [2.24, 2.45) is 0 Å². The van der Waals surface area contributed by atoms with Crippen LogP contribution in [0.25, 0.3) is 0 Å². The second kappa shape index (κ2) is 7.75. The van der Waals surface area contributed by atoms with Gasteiger partial charge in [-0.25, -0.2) is 4.79 Å². The molecule has 3 aliphatic heterocycles. The van der Waals surface area contributed by atoms with Crippen molar-refractivity contribution >= 4 is 23.7 Å². The number of unbranched alkanes of at least 4 members (excludes halogenated alkanes) is 1. The van der Waals surface area contributed by atoms with Crippen LogP contribution in [-0.4, -0.2) is 66.1 Å². The van der Waals surface area contributed by atoms with Crippen LogP contribution < -0.4 is 16.0 Å². The van der Waals surface area contributed by atoms with Crippen molar-refractivity contribution in [3.63, 3.8) is 0 Å². The Morgan fingerprint density at radius 3 is 3.09 bits per heavy atom. The van der Waals surface area contributed by atoms with Crippen LogP contribution in [0.1, 0.15) is 38.5 Å². The van der Waals surface area contributed by atoms with Crippen LogP contribution in [0.3, 0.4) is 0 Å². The lowest BCUT2D eigenvalue weighted by atomic mass is 10.0. The van der Waals surface area contributed by atoms with Crippen molar-refractivity contribution in [2.75, 3.05) is 25.9 Å². The second-order valence-electron chi connectivity index (χ2n) is 6.84. The Hall–Kier alpha value is -0.950. The predicted octanol–water partition coefficient (Wildman–Crippen LogP) is 0.923. The maximum Gasteiger partial charge on any atom is 0.315 e. The molecule has 0 saturated carbocycles. The summed E-state index contributed by atoms with van der Waals surface area (Å²) in [6, 6.07) is 1.01. The molecular weight excluding hydrogens is 312 g/mol. The van der Waals surface area contributed by atoms with Crippen LogP contribution in [0.2, 0.25) is 0 Å². The van der Waals surface area contributed by atoms with E-state index in [1.54, 1.807) is 0 Å². The number of rotatable bonds is 6. The third-order valence-electron chi connectivity index (χ3n) is 5.25. The standard InChI is InChI=1S/C16H28N4O2S/c1-17-11-5-4-8-20(9-11)14(21)7-3-2-6-13-15-12(10-23-13)18-16(22)19-15/h11-13,15,17H,2-10H2,1H3,(H2,18,19,22)/t11?,12-,13-,15-/m0/s1. The Bertz CT molecular complexity index is 448. The molecule has 0 aliphatic carbocycles. The molecule has 130 valence electrons. The van der Waals surface area contributed by atoms with Crippen molar-refractivity contribution in [3.8, 4) is 0 Å². The van der Waals surface area contributed by atoms with Crippen molar-refractivity contribution in [1.29, 1.82) is 0 Å². The van der Waals surface area contributed by atoms with Crippen molar-refractivity contribution in [2.45, 2.75) is 61.9 Å². The van der Waals surface area contributed by atoms with Crippen molar-refractivity contribution in [3.05, 3.63) is 0 Å². The van der Waals surface area contributed by atoms with E-state index >= 15 is 0 Å². The van der Waals surface area contributed by atoms with Gasteiger partial charge in [0.2, 0.25) is 5.91 Å². The molecule has 3 fully saturated rings. The maximum atomic E-state index is 12.3. The molecule has 3 aliphatic rings. The number of thioether (sulfide) groups is 1. The molecule has 3 amide bonds. The number of piperidine rings is 1. The lowest BCUT2D eigenvalue weighted by Gasteiger charge is -2.32. The number of likely N-dealkylation sites (tertiary alicyclic amines) is 1. The minimum atomic E-state index is -0.0235. The molecule has 6 nitrogen and oxygen atoms in total. The van der Waals surface area contributed by atoms with E-state index in [1.165, 1.54) is 6.42 Å². The van der Waals surface area contributed by atoms with E-state index in [2.05, 4.69) is 16.0 Å². The summed E-state index contributed by atoms with van der Waals surface area (Å²) in [4.78, 5) is 25.7. The van der Waals surface area contributed by atoms with Gasteiger partial charge in [0.15, 0.2) is 0 Å². The summed E-state index contributed by atoms with van der Waals surface area (Å²) in [5, 5.41) is 9.77. The summed E-state index contributed by atoms with van der Waals surface area (Å²) >= 11 is 1.95. The second-order valence-corrected chi connectivity index (χ2v) is 8.11. The maximum absolute atomic E-state index is 12.3. The molecule has 7 heteroatoms. The fourth-order valence-corrected chi connectivity index (χ4v) is 5.41. The topological polar surface area (TPSA) is 73.5 Å². The number of hydrogen-bond donors (Lipinski definition) is 3. The third-order valence-corrected chi connectivity index (χ3v) is 6.76. The van der Waals surface area contributed by atoms with E-state index < -0.39 is 0 Å². The zero-order valence-corrected chi connectivity index (χ0v) is 14.7. The first-order valence-electron chi connectivity index (χ1n) is 8.81. The van der Waals surface area contributed by atoms with Crippen LogP contribution in [0.15, 0.2) is 0 Å². The summed E-state index contributed by atoms with van der Waals surface area (Å²) in [7, 11) is 1.97. The summed E-state index contributed by atoms with van der Waals surface area (Å²) in [5.41, 5.74) is 0. The molecular formula is C16H28N4O2S. The lowest BCUT2D eigenvalue weighted by molar-refractivity contribution is -0.132. The predicted molar refractivity (Wildman–Crippen MR) is 92.6 cm³/mol. The lowest BCUT2D eigenvalue weighted by Crippen LogP contribution is -2.46. The summed E-state index contributed by atoms with van der Waals surface area (Å²) in [6.45, 7) is 1.77. The van der Waals surface area contributed by atoms with E-state index in [0.717, 1.165) is 44.5 Å². The number of carbonyl (C=O) groups is 2. The minimum Gasteiger partial charge on any atom is -0.341 e. The number of nitrogens with one attached hydrogen (secondary N) is 3. The zero-order valence-electron chi connectivity index (χ0n) is 13.8. The van der Waals surface area contributed by atoms with Crippen molar-refractivity contribution in [1.82, 2.24) is 20.9 Å². The Labute approximate surface area is 142 Å². The Kier molecular flexibility index (Phi) is 5.69. The van der Waals surface area contributed by atoms with E-state index in [9.17, 15) is 9.59 Å². The van der Waals surface area contributed by atoms with Gasteiger partial charge in [-0.05, 0) is 32.7 Å². The van der Waals surface area contributed by atoms with E-state index in [0.29, 0.717) is 29.7 Å². The monoisotopic (exact) mass is 340 g/mol. The van der Waals surface area contributed by atoms with Gasteiger partial charge < -0.3 is 20.9 Å². The highest BCUT2D eigenvalue weighted by atomic mass is 32.2. The highest BCUT2D eigenvalue weighted by molar-refractivity contribution is 8.00. The van der Waals surface area contributed by atoms with Gasteiger partial charge >= 0.3 is 6.03 Å². The van der Waals surface area contributed by atoms with Crippen LogP contribution in [0.4, 0.5) is 4.79 Å². The van der Waals surface area contributed by atoms with Gasteiger partial charge in [0.25, 0.3) is 0 Å². The highest BCUT2D eigenvalue weighted by Crippen LogP contribution is 2.33. The first-order chi connectivity index (χ1) is 11.2. The average Bonchev–Trinajstić information content (AvgIpc) is 3.11. The third kappa shape index (κ3) is 4.12. The molecule has 1 unspecified atom stereocenters. The van der Waals surface area contributed by atoms with Crippen LogP contribution in [0, 0.1) is 0 Å². The number of carbonyl (C=O) groups excluding carboxylic acids is 2. The first kappa shape index (κ1) is 16.9. The molecule has 4 atom stereocenters. The number of amides is 3. The largest absolute Gasteiger partial charge is 0.341 e. The Balaban J connectivity index is 1.33. The van der Waals surface area contributed by atoms with Gasteiger partial charge in [-0.3, -0.25) is 4.79 Å². The van der Waals surface area contributed by atoms with E-state index in [4.69, 9.17) is 0 Å². The SMILES string of the molecule is CNC1CCCN(C(=O)CCCC[C@@H]2SC[C@@H]3NC(=O)N[C@@H]32)C1. The molecule has 3 N–H and O–H groups in total. The van der Waals surface area contributed by atoms with E-state index in [-0.39, 0.29) is 12.1 Å². The quantitative estimate of drug-likeness (QED) is 0.497.